The summed E-state index contributed by atoms with van der Waals surface area (Å²) in [5.74, 6) is 2.18. The number of carbonyl (C=O) groups is 1. The van der Waals surface area contributed by atoms with Gasteiger partial charge in [0.1, 0.15) is 30.5 Å². The van der Waals surface area contributed by atoms with Gasteiger partial charge in [0.25, 0.3) is 5.91 Å². The molecule has 0 radical (unpaired) electrons. The predicted molar refractivity (Wildman–Crippen MR) is 137 cm³/mol. The highest BCUT2D eigenvalue weighted by Crippen LogP contribution is 2.37. The predicted octanol–water partition coefficient (Wildman–Crippen LogP) is 5.87. The topological polar surface area (TPSA) is 48.0 Å². The first-order chi connectivity index (χ1) is 16.0. The van der Waals surface area contributed by atoms with E-state index in [1.807, 2.05) is 85.8 Å². The number of benzene rings is 3. The molecule has 0 aliphatic carbocycles. The Hall–Kier alpha value is -3.29. The third-order valence-electron chi connectivity index (χ3n) is 5.01. The lowest BCUT2D eigenvalue weighted by atomic mass is 10.1. The zero-order valence-electron chi connectivity index (χ0n) is 18.3. The van der Waals surface area contributed by atoms with Crippen LogP contribution in [0, 0.1) is 6.92 Å². The highest BCUT2D eigenvalue weighted by atomic mass is 32.2. The maximum Gasteiger partial charge on any atom is 0.270 e. The van der Waals surface area contributed by atoms with E-state index in [1.54, 1.807) is 12.0 Å². The molecule has 0 atom stereocenters. The molecule has 1 aliphatic rings. The molecule has 1 heterocycles. The number of para-hydroxylation sites is 1. The number of aryl methyl sites for hydroxylation is 1. The van der Waals surface area contributed by atoms with Crippen molar-refractivity contribution in [1.29, 1.82) is 0 Å². The van der Waals surface area contributed by atoms with Gasteiger partial charge in [-0.1, -0.05) is 54.3 Å². The molecule has 3 aromatic rings. The third kappa shape index (κ3) is 5.56. The van der Waals surface area contributed by atoms with E-state index in [4.69, 9.17) is 26.4 Å². The van der Waals surface area contributed by atoms with Crippen LogP contribution < -0.4 is 19.1 Å². The molecule has 0 bridgehead atoms. The largest absolute Gasteiger partial charge is 0.497 e. The highest BCUT2D eigenvalue weighted by molar-refractivity contribution is 8.27. The van der Waals surface area contributed by atoms with Crippen LogP contribution in [0.4, 0.5) is 5.69 Å². The lowest BCUT2D eigenvalue weighted by molar-refractivity contribution is -0.113. The number of methoxy groups -OCH3 is 1. The zero-order valence-corrected chi connectivity index (χ0v) is 19.9. The lowest BCUT2D eigenvalue weighted by Crippen LogP contribution is -2.28. The SMILES string of the molecule is COc1ccc(OCCOc2ccc(/C=C3\SC(=S)N(c4ccccc4C)C3=O)cc2)cc1. The van der Waals surface area contributed by atoms with E-state index < -0.39 is 0 Å². The Morgan fingerprint density at radius 3 is 2.06 bits per heavy atom. The first kappa shape index (κ1) is 22.9. The molecule has 3 aromatic carbocycles. The number of hydrogen-bond acceptors (Lipinski definition) is 6. The van der Waals surface area contributed by atoms with Crippen LogP contribution in [-0.2, 0) is 4.79 Å². The Labute approximate surface area is 203 Å². The average Bonchev–Trinajstić information content (AvgIpc) is 3.11. The minimum atomic E-state index is -0.102. The number of ether oxygens (including phenoxy) is 3. The quantitative estimate of drug-likeness (QED) is 0.230. The second kappa shape index (κ2) is 10.6. The van der Waals surface area contributed by atoms with E-state index in [0.29, 0.717) is 22.4 Å². The third-order valence-corrected chi connectivity index (χ3v) is 6.31. The van der Waals surface area contributed by atoms with Crippen molar-refractivity contribution < 1.29 is 19.0 Å². The Morgan fingerprint density at radius 1 is 0.879 bits per heavy atom. The van der Waals surface area contributed by atoms with E-state index in [2.05, 4.69) is 0 Å². The van der Waals surface area contributed by atoms with Crippen LogP contribution in [0.25, 0.3) is 6.08 Å². The normalized spacial score (nSPS) is 14.6. The van der Waals surface area contributed by atoms with Gasteiger partial charge in [0.15, 0.2) is 4.32 Å². The van der Waals surface area contributed by atoms with Crippen molar-refractivity contribution in [2.45, 2.75) is 6.92 Å². The van der Waals surface area contributed by atoms with Crippen molar-refractivity contribution >= 4 is 46.0 Å². The summed E-state index contributed by atoms with van der Waals surface area (Å²) in [5, 5.41) is 0. The molecule has 1 aliphatic heterocycles. The number of rotatable bonds is 8. The molecule has 0 saturated carbocycles. The van der Waals surface area contributed by atoms with Crippen molar-refractivity contribution in [2.24, 2.45) is 0 Å². The second-order valence-corrected chi connectivity index (χ2v) is 8.92. The number of thiocarbonyl (C=S) groups is 1. The van der Waals surface area contributed by atoms with Gasteiger partial charge in [-0.2, -0.15) is 0 Å². The number of thioether (sulfide) groups is 1. The summed E-state index contributed by atoms with van der Waals surface area (Å²) in [6.45, 7) is 2.81. The Bertz CT molecular complexity index is 1170. The van der Waals surface area contributed by atoms with E-state index in [1.165, 1.54) is 11.8 Å². The van der Waals surface area contributed by atoms with Gasteiger partial charge in [-0.25, -0.2) is 0 Å². The van der Waals surface area contributed by atoms with Crippen LogP contribution in [0.2, 0.25) is 0 Å². The molecule has 1 amide bonds. The summed E-state index contributed by atoms with van der Waals surface area (Å²) in [7, 11) is 1.63. The van der Waals surface area contributed by atoms with Crippen LogP contribution >= 0.6 is 24.0 Å². The molecule has 0 N–H and O–H groups in total. The fraction of sp³-hybridized carbons (Fsp3) is 0.154. The highest BCUT2D eigenvalue weighted by Gasteiger charge is 2.33. The van der Waals surface area contributed by atoms with Crippen molar-refractivity contribution in [3.8, 4) is 17.2 Å². The summed E-state index contributed by atoms with van der Waals surface area (Å²) in [4.78, 5) is 15.2. The molecule has 1 saturated heterocycles. The minimum Gasteiger partial charge on any atom is -0.497 e. The van der Waals surface area contributed by atoms with Crippen LogP contribution in [0.5, 0.6) is 17.2 Å². The molecular weight excluding hydrogens is 454 g/mol. The number of nitrogens with zero attached hydrogens (tertiary/aromatic N) is 1. The number of hydrogen-bond donors (Lipinski definition) is 0. The van der Waals surface area contributed by atoms with Gasteiger partial charge >= 0.3 is 0 Å². The van der Waals surface area contributed by atoms with E-state index in [0.717, 1.165) is 34.1 Å². The summed E-state index contributed by atoms with van der Waals surface area (Å²) in [5.41, 5.74) is 2.73. The molecule has 1 fully saturated rings. The number of amides is 1. The summed E-state index contributed by atoms with van der Waals surface area (Å²) in [6, 6.07) is 22.7. The lowest BCUT2D eigenvalue weighted by Gasteiger charge is -2.16. The maximum absolute atomic E-state index is 13.0. The van der Waals surface area contributed by atoms with E-state index in [9.17, 15) is 4.79 Å². The molecule has 0 spiro atoms. The van der Waals surface area contributed by atoms with Gasteiger partial charge in [-0.05, 0) is 66.6 Å². The van der Waals surface area contributed by atoms with Crippen LogP contribution in [0.3, 0.4) is 0 Å². The summed E-state index contributed by atoms with van der Waals surface area (Å²) < 4.78 is 17.1. The van der Waals surface area contributed by atoms with E-state index >= 15 is 0 Å². The van der Waals surface area contributed by atoms with Gasteiger partial charge in [0.05, 0.1) is 17.7 Å². The average molecular weight is 478 g/mol. The van der Waals surface area contributed by atoms with Crippen molar-refractivity contribution in [3.05, 3.63) is 88.8 Å². The van der Waals surface area contributed by atoms with Crippen LogP contribution in [0.15, 0.2) is 77.7 Å². The molecule has 0 unspecified atom stereocenters. The van der Waals surface area contributed by atoms with Crippen LogP contribution in [0.1, 0.15) is 11.1 Å². The fourth-order valence-corrected chi connectivity index (χ4v) is 4.58. The minimum absolute atomic E-state index is 0.102. The van der Waals surface area contributed by atoms with Crippen molar-refractivity contribution in [2.75, 3.05) is 25.2 Å². The Morgan fingerprint density at radius 2 is 1.45 bits per heavy atom. The Balaban J connectivity index is 1.33. The molecule has 0 aromatic heterocycles. The van der Waals surface area contributed by atoms with Gasteiger partial charge in [0, 0.05) is 0 Å². The maximum atomic E-state index is 13.0. The standard InChI is InChI=1S/C26H23NO4S2/c1-18-5-3-4-6-23(18)27-25(28)24(33-26(27)32)17-19-7-9-21(10-8-19)30-15-16-31-22-13-11-20(29-2)12-14-22/h3-14,17H,15-16H2,1-2H3/b24-17-. The van der Waals surface area contributed by atoms with E-state index in [-0.39, 0.29) is 5.91 Å². The summed E-state index contributed by atoms with van der Waals surface area (Å²) in [6.07, 6.45) is 1.86. The molecule has 4 rings (SSSR count). The fourth-order valence-electron chi connectivity index (χ4n) is 3.29. The monoisotopic (exact) mass is 477 g/mol. The summed E-state index contributed by atoms with van der Waals surface area (Å²) >= 11 is 6.78. The molecule has 33 heavy (non-hydrogen) atoms. The van der Waals surface area contributed by atoms with Gasteiger partial charge in [-0.15, -0.1) is 0 Å². The first-order valence-electron chi connectivity index (χ1n) is 10.4. The van der Waals surface area contributed by atoms with Gasteiger partial charge < -0.3 is 14.2 Å². The first-order valence-corrected chi connectivity index (χ1v) is 11.6. The molecule has 168 valence electrons. The molecular formula is C26H23NO4S2. The van der Waals surface area contributed by atoms with Gasteiger partial charge in [-0.3, -0.25) is 9.69 Å². The Kier molecular flexibility index (Phi) is 7.32. The van der Waals surface area contributed by atoms with Crippen molar-refractivity contribution in [3.63, 3.8) is 0 Å². The van der Waals surface area contributed by atoms with Crippen molar-refractivity contribution in [1.82, 2.24) is 0 Å². The zero-order chi connectivity index (χ0) is 23.2. The second-order valence-electron chi connectivity index (χ2n) is 7.25. The molecule has 5 nitrogen and oxygen atoms in total. The number of carbonyl (C=O) groups excluding carboxylic acids is 1. The molecule has 7 heteroatoms. The van der Waals surface area contributed by atoms with Crippen LogP contribution in [-0.4, -0.2) is 30.6 Å². The van der Waals surface area contributed by atoms with Gasteiger partial charge in [0.2, 0.25) is 0 Å². The number of anilines is 1. The smallest absolute Gasteiger partial charge is 0.270 e.